The molecular weight excluding hydrogens is 327 g/mol. The van der Waals surface area contributed by atoms with Gasteiger partial charge < -0.3 is 14.6 Å². The number of alkyl halides is 3. The molecule has 0 saturated heterocycles. The monoisotopic (exact) mass is 343 g/mol. The van der Waals surface area contributed by atoms with Crippen molar-refractivity contribution >= 4 is 22.9 Å². The van der Waals surface area contributed by atoms with Crippen LogP contribution in [-0.4, -0.2) is 50.2 Å². The molecule has 2 rings (SSSR count). The minimum Gasteiger partial charge on any atom is -0.480 e. The molecule has 1 aromatic heterocycles. The number of halogens is 3. The molecule has 1 heterocycles. The Labute approximate surface area is 135 Å². The zero-order valence-corrected chi connectivity index (χ0v) is 12.8. The van der Waals surface area contributed by atoms with Crippen LogP contribution < -0.4 is 0 Å². The standard InChI is InChI=1S/C15H16F3N3O3/c1-2-7-21(14(24)15(16,17)18)12(13(22)23)8-20-9-19-10-5-3-4-6-11(10)20/h3-6,9,12H,2,7-8H2,1H3,(H,22,23). The number of hydrogen-bond donors (Lipinski definition) is 1. The Kier molecular flexibility index (Phi) is 5.10. The zero-order valence-electron chi connectivity index (χ0n) is 12.8. The number of carboxylic acids is 1. The number of fused-ring (bicyclic) bond motifs is 1. The molecule has 0 aliphatic rings. The lowest BCUT2D eigenvalue weighted by Crippen LogP contribution is -2.52. The Morgan fingerprint density at radius 3 is 2.58 bits per heavy atom. The molecule has 0 aliphatic heterocycles. The van der Waals surface area contributed by atoms with E-state index in [-0.39, 0.29) is 19.5 Å². The van der Waals surface area contributed by atoms with Crippen LogP contribution in [0.3, 0.4) is 0 Å². The lowest BCUT2D eigenvalue weighted by Gasteiger charge is -2.29. The third kappa shape index (κ3) is 3.66. The Morgan fingerprint density at radius 1 is 1.33 bits per heavy atom. The summed E-state index contributed by atoms with van der Waals surface area (Å²) in [6.07, 6.45) is -3.57. The molecule has 0 fully saturated rings. The van der Waals surface area contributed by atoms with Crippen molar-refractivity contribution in [2.24, 2.45) is 0 Å². The number of imidazole rings is 1. The van der Waals surface area contributed by atoms with Crippen molar-refractivity contribution in [2.75, 3.05) is 6.54 Å². The van der Waals surface area contributed by atoms with Gasteiger partial charge in [0, 0.05) is 6.54 Å². The van der Waals surface area contributed by atoms with Crippen LogP contribution in [0.5, 0.6) is 0 Å². The number of rotatable bonds is 6. The zero-order chi connectivity index (χ0) is 17.9. The van der Waals surface area contributed by atoms with Crippen molar-refractivity contribution in [1.82, 2.24) is 14.5 Å². The van der Waals surface area contributed by atoms with E-state index in [1.807, 2.05) is 0 Å². The Bertz CT molecular complexity index is 742. The predicted molar refractivity (Wildman–Crippen MR) is 79.2 cm³/mol. The van der Waals surface area contributed by atoms with E-state index < -0.39 is 24.1 Å². The third-order valence-corrected chi connectivity index (χ3v) is 3.53. The summed E-state index contributed by atoms with van der Waals surface area (Å²) in [6, 6.07) is 5.19. The minimum absolute atomic E-state index is 0.205. The lowest BCUT2D eigenvalue weighted by atomic mass is 10.2. The molecule has 24 heavy (non-hydrogen) atoms. The van der Waals surface area contributed by atoms with Crippen molar-refractivity contribution in [3.8, 4) is 0 Å². The Balaban J connectivity index is 2.36. The molecule has 2 aromatic rings. The average Bonchev–Trinajstić information content (AvgIpc) is 2.92. The quantitative estimate of drug-likeness (QED) is 0.873. The summed E-state index contributed by atoms with van der Waals surface area (Å²) in [7, 11) is 0. The van der Waals surface area contributed by atoms with Crippen LogP contribution in [0.2, 0.25) is 0 Å². The SMILES string of the molecule is CCCN(C(=O)C(F)(F)F)C(Cn1cnc2ccccc21)C(=O)O. The second-order valence-corrected chi connectivity index (χ2v) is 5.24. The number of aromatic nitrogens is 2. The average molecular weight is 343 g/mol. The summed E-state index contributed by atoms with van der Waals surface area (Å²) >= 11 is 0. The van der Waals surface area contributed by atoms with Gasteiger partial charge in [-0.1, -0.05) is 19.1 Å². The van der Waals surface area contributed by atoms with Gasteiger partial charge >= 0.3 is 18.1 Å². The van der Waals surface area contributed by atoms with Crippen molar-refractivity contribution in [3.05, 3.63) is 30.6 Å². The van der Waals surface area contributed by atoms with E-state index in [0.717, 1.165) is 0 Å². The number of carbonyl (C=O) groups excluding carboxylic acids is 1. The van der Waals surface area contributed by atoms with Gasteiger partial charge in [0.2, 0.25) is 0 Å². The maximum Gasteiger partial charge on any atom is 0.471 e. The molecule has 1 aromatic carbocycles. The molecule has 0 radical (unpaired) electrons. The number of carboxylic acid groups (broad SMARTS) is 1. The molecule has 0 spiro atoms. The van der Waals surface area contributed by atoms with E-state index in [0.29, 0.717) is 15.9 Å². The normalized spacial score (nSPS) is 13.0. The molecule has 1 N–H and O–H groups in total. The maximum atomic E-state index is 12.8. The van der Waals surface area contributed by atoms with Crippen molar-refractivity contribution < 1.29 is 27.9 Å². The first kappa shape index (κ1) is 17.8. The summed E-state index contributed by atoms with van der Waals surface area (Å²) in [5, 5.41) is 9.36. The van der Waals surface area contributed by atoms with Crippen molar-refractivity contribution in [3.63, 3.8) is 0 Å². The highest BCUT2D eigenvalue weighted by Crippen LogP contribution is 2.22. The third-order valence-electron chi connectivity index (χ3n) is 3.53. The first-order valence-electron chi connectivity index (χ1n) is 7.26. The van der Waals surface area contributed by atoms with Gasteiger partial charge in [-0.3, -0.25) is 4.79 Å². The highest BCUT2D eigenvalue weighted by Gasteiger charge is 2.46. The van der Waals surface area contributed by atoms with Gasteiger partial charge in [0.05, 0.1) is 23.9 Å². The summed E-state index contributed by atoms with van der Waals surface area (Å²) in [4.78, 5) is 27.6. The van der Waals surface area contributed by atoms with Crippen LogP contribution in [0.4, 0.5) is 13.2 Å². The number of para-hydroxylation sites is 2. The topological polar surface area (TPSA) is 75.4 Å². The lowest BCUT2D eigenvalue weighted by molar-refractivity contribution is -0.190. The molecular formula is C15H16F3N3O3. The smallest absolute Gasteiger partial charge is 0.471 e. The van der Waals surface area contributed by atoms with Gasteiger partial charge in [-0.15, -0.1) is 0 Å². The number of hydrogen-bond acceptors (Lipinski definition) is 3. The van der Waals surface area contributed by atoms with Crippen LogP contribution in [0, 0.1) is 0 Å². The minimum atomic E-state index is -5.13. The Hall–Kier alpha value is -2.58. The molecule has 1 atom stereocenters. The molecule has 1 amide bonds. The fourth-order valence-corrected chi connectivity index (χ4v) is 2.45. The van der Waals surface area contributed by atoms with E-state index in [1.54, 1.807) is 31.2 Å². The molecule has 0 bridgehead atoms. The summed E-state index contributed by atoms with van der Waals surface area (Å²) in [6.45, 7) is 0.946. The maximum absolute atomic E-state index is 12.8. The Morgan fingerprint density at radius 2 is 2.00 bits per heavy atom. The van der Waals surface area contributed by atoms with Crippen LogP contribution >= 0.6 is 0 Å². The molecule has 0 aliphatic carbocycles. The fraction of sp³-hybridized carbons (Fsp3) is 0.400. The van der Waals surface area contributed by atoms with Crippen molar-refractivity contribution in [2.45, 2.75) is 32.1 Å². The van der Waals surface area contributed by atoms with E-state index in [1.165, 1.54) is 10.9 Å². The van der Waals surface area contributed by atoms with Gasteiger partial charge in [-0.05, 0) is 18.6 Å². The molecule has 9 heteroatoms. The predicted octanol–water partition coefficient (Wildman–Crippen LogP) is 2.29. The second kappa shape index (κ2) is 6.90. The van der Waals surface area contributed by atoms with E-state index in [4.69, 9.17) is 0 Å². The highest BCUT2D eigenvalue weighted by molar-refractivity contribution is 5.87. The van der Waals surface area contributed by atoms with Crippen LogP contribution in [0.1, 0.15) is 13.3 Å². The number of aliphatic carboxylic acids is 1. The van der Waals surface area contributed by atoms with Gasteiger partial charge in [-0.2, -0.15) is 13.2 Å². The van der Waals surface area contributed by atoms with Gasteiger partial charge in [-0.25, -0.2) is 9.78 Å². The molecule has 130 valence electrons. The molecule has 1 unspecified atom stereocenters. The number of carbonyl (C=O) groups is 2. The van der Waals surface area contributed by atoms with Gasteiger partial charge in [0.25, 0.3) is 0 Å². The van der Waals surface area contributed by atoms with E-state index in [2.05, 4.69) is 4.98 Å². The summed E-state index contributed by atoms with van der Waals surface area (Å²) in [5.41, 5.74) is 1.17. The van der Waals surface area contributed by atoms with E-state index >= 15 is 0 Å². The molecule has 6 nitrogen and oxygen atoms in total. The first-order valence-corrected chi connectivity index (χ1v) is 7.26. The summed E-state index contributed by atoms with van der Waals surface area (Å²) < 4.78 is 39.8. The van der Waals surface area contributed by atoms with Crippen LogP contribution in [0.25, 0.3) is 11.0 Å². The summed E-state index contributed by atoms with van der Waals surface area (Å²) in [5.74, 6) is -3.65. The van der Waals surface area contributed by atoms with E-state index in [9.17, 15) is 27.9 Å². The largest absolute Gasteiger partial charge is 0.480 e. The number of amides is 1. The van der Waals surface area contributed by atoms with Crippen molar-refractivity contribution in [1.29, 1.82) is 0 Å². The van der Waals surface area contributed by atoms with Crippen LogP contribution in [-0.2, 0) is 16.1 Å². The second-order valence-electron chi connectivity index (χ2n) is 5.24. The number of nitrogens with zero attached hydrogens (tertiary/aromatic N) is 3. The number of benzene rings is 1. The van der Waals surface area contributed by atoms with Crippen LogP contribution in [0.15, 0.2) is 30.6 Å². The molecule has 0 saturated carbocycles. The van der Waals surface area contributed by atoms with Gasteiger partial charge in [0.15, 0.2) is 0 Å². The fourth-order valence-electron chi connectivity index (χ4n) is 2.45. The first-order chi connectivity index (χ1) is 11.3. The van der Waals surface area contributed by atoms with Gasteiger partial charge in [0.1, 0.15) is 6.04 Å². The highest BCUT2D eigenvalue weighted by atomic mass is 19.4.